The van der Waals surface area contributed by atoms with Gasteiger partial charge in [-0.2, -0.15) is 0 Å². The first-order valence-corrected chi connectivity index (χ1v) is 6.64. The van der Waals surface area contributed by atoms with Crippen molar-refractivity contribution in [1.29, 1.82) is 0 Å². The molecule has 0 radical (unpaired) electrons. The Labute approximate surface area is 115 Å². The number of hydrogen-bond acceptors (Lipinski definition) is 1. The third-order valence-electron chi connectivity index (χ3n) is 3.41. The minimum Gasteiger partial charge on any atom is -0.389 e. The van der Waals surface area contributed by atoms with E-state index in [1.165, 1.54) is 11.1 Å². The Kier molecular flexibility index (Phi) is 4.53. The maximum atomic E-state index is 9.70. The third kappa shape index (κ3) is 3.55. The Bertz CT molecular complexity index is 487. The molecule has 0 aliphatic rings. The van der Waals surface area contributed by atoms with Gasteiger partial charge >= 0.3 is 0 Å². The summed E-state index contributed by atoms with van der Waals surface area (Å²) in [6.45, 7) is 3.78. The van der Waals surface area contributed by atoms with Crippen LogP contribution in [-0.4, -0.2) is 11.2 Å². The maximum absolute atomic E-state index is 9.70. The van der Waals surface area contributed by atoms with E-state index >= 15 is 0 Å². The lowest BCUT2D eigenvalue weighted by Crippen LogP contribution is -2.05. The predicted octanol–water partition coefficient (Wildman–Crippen LogP) is 4.15. The highest BCUT2D eigenvalue weighted by atomic mass is 16.3. The second-order valence-electron chi connectivity index (χ2n) is 4.89. The molecule has 0 aliphatic carbocycles. The van der Waals surface area contributed by atoms with Crippen molar-refractivity contribution in [2.24, 2.45) is 0 Å². The number of allylic oxidation sites excluding steroid dienone is 1. The van der Waals surface area contributed by atoms with E-state index in [9.17, 15) is 5.11 Å². The minimum absolute atomic E-state index is 0.192. The molecule has 1 unspecified atom stereocenters. The van der Waals surface area contributed by atoms with Crippen LogP contribution in [0.2, 0.25) is 0 Å². The van der Waals surface area contributed by atoms with Gasteiger partial charge in [0.25, 0.3) is 0 Å². The van der Waals surface area contributed by atoms with E-state index in [0.717, 1.165) is 5.57 Å². The summed E-state index contributed by atoms with van der Waals surface area (Å²) in [6.07, 6.45) is 1.74. The number of benzene rings is 2. The zero-order valence-corrected chi connectivity index (χ0v) is 11.5. The van der Waals surface area contributed by atoms with Crippen LogP contribution in [0.3, 0.4) is 0 Å². The highest BCUT2D eigenvalue weighted by molar-refractivity contribution is 5.37. The Hall–Kier alpha value is -1.86. The molecule has 0 heterocycles. The Morgan fingerprint density at radius 3 is 1.68 bits per heavy atom. The van der Waals surface area contributed by atoms with Crippen LogP contribution in [0.4, 0.5) is 0 Å². The van der Waals surface area contributed by atoms with E-state index in [1.54, 1.807) is 6.92 Å². The van der Waals surface area contributed by atoms with E-state index in [0.29, 0.717) is 0 Å². The molecule has 2 aromatic rings. The maximum Gasteiger partial charge on any atom is 0.0719 e. The van der Waals surface area contributed by atoms with Gasteiger partial charge in [-0.3, -0.25) is 0 Å². The Morgan fingerprint density at radius 1 is 0.895 bits per heavy atom. The lowest BCUT2D eigenvalue weighted by molar-refractivity contribution is 0.231. The largest absolute Gasteiger partial charge is 0.389 e. The van der Waals surface area contributed by atoms with Crippen LogP contribution in [0, 0.1) is 0 Å². The van der Waals surface area contributed by atoms with Gasteiger partial charge in [0.05, 0.1) is 6.10 Å². The van der Waals surface area contributed by atoms with Gasteiger partial charge in [0.15, 0.2) is 0 Å². The van der Waals surface area contributed by atoms with Crippen LogP contribution in [0.15, 0.2) is 72.3 Å². The smallest absolute Gasteiger partial charge is 0.0719 e. The second-order valence-corrected chi connectivity index (χ2v) is 4.89. The number of aliphatic hydroxyl groups is 1. The van der Waals surface area contributed by atoms with Crippen molar-refractivity contribution in [3.63, 3.8) is 0 Å². The summed E-state index contributed by atoms with van der Waals surface area (Å²) in [5, 5.41) is 9.70. The molecule has 0 spiro atoms. The number of rotatable bonds is 4. The average molecular weight is 252 g/mol. The molecule has 0 bridgehead atoms. The zero-order chi connectivity index (χ0) is 13.7. The molecule has 0 saturated heterocycles. The first kappa shape index (κ1) is 13.6. The van der Waals surface area contributed by atoms with Crippen molar-refractivity contribution in [3.8, 4) is 0 Å². The number of hydrogen-bond donors (Lipinski definition) is 1. The molecular formula is C18H20O. The summed E-state index contributed by atoms with van der Waals surface area (Å²) in [7, 11) is 0. The molecule has 2 aromatic carbocycles. The molecule has 0 amide bonds. The van der Waals surface area contributed by atoms with Crippen molar-refractivity contribution in [1.82, 2.24) is 0 Å². The lowest BCUT2D eigenvalue weighted by Gasteiger charge is -2.16. The van der Waals surface area contributed by atoms with Crippen LogP contribution >= 0.6 is 0 Å². The first-order valence-electron chi connectivity index (χ1n) is 6.64. The van der Waals surface area contributed by atoms with E-state index < -0.39 is 6.10 Å². The molecule has 1 atom stereocenters. The standard InChI is InChI=1S/C18H20O/c1-14(15(2)19)13-18(16-9-5-3-6-10-16)17-11-7-4-8-12-17/h3-13,15,18-19H,1-2H3/b14-13+. The molecule has 1 N–H and O–H groups in total. The third-order valence-corrected chi connectivity index (χ3v) is 3.41. The molecule has 0 saturated carbocycles. The normalized spacial score (nSPS) is 13.6. The molecular weight excluding hydrogens is 232 g/mol. The molecule has 1 nitrogen and oxygen atoms in total. The SMILES string of the molecule is C/C(=C\C(c1ccccc1)c1ccccc1)C(C)O. The molecule has 19 heavy (non-hydrogen) atoms. The highest BCUT2D eigenvalue weighted by Crippen LogP contribution is 2.27. The van der Waals surface area contributed by atoms with Crippen LogP contribution < -0.4 is 0 Å². The summed E-state index contributed by atoms with van der Waals surface area (Å²) in [5.74, 6) is 0.192. The number of aliphatic hydroxyl groups excluding tert-OH is 1. The van der Waals surface area contributed by atoms with Gasteiger partial charge in [0.2, 0.25) is 0 Å². The fourth-order valence-electron chi connectivity index (χ4n) is 2.11. The van der Waals surface area contributed by atoms with Gasteiger partial charge in [0.1, 0.15) is 0 Å². The van der Waals surface area contributed by atoms with Crippen molar-refractivity contribution < 1.29 is 5.11 Å². The highest BCUT2D eigenvalue weighted by Gasteiger charge is 2.12. The second kappa shape index (κ2) is 6.35. The zero-order valence-electron chi connectivity index (χ0n) is 11.5. The van der Waals surface area contributed by atoms with Crippen LogP contribution in [0.25, 0.3) is 0 Å². The molecule has 0 fully saturated rings. The molecule has 0 aliphatic heterocycles. The topological polar surface area (TPSA) is 20.2 Å². The summed E-state index contributed by atoms with van der Waals surface area (Å²) in [6, 6.07) is 20.8. The van der Waals surface area contributed by atoms with Crippen LogP contribution in [0.1, 0.15) is 30.9 Å². The van der Waals surface area contributed by atoms with Crippen molar-refractivity contribution in [2.75, 3.05) is 0 Å². The summed E-state index contributed by atoms with van der Waals surface area (Å²) in [5.41, 5.74) is 3.49. The fraction of sp³-hybridized carbons (Fsp3) is 0.222. The van der Waals surface area contributed by atoms with Gasteiger partial charge in [-0.25, -0.2) is 0 Å². The van der Waals surface area contributed by atoms with E-state index in [4.69, 9.17) is 0 Å². The fourth-order valence-corrected chi connectivity index (χ4v) is 2.11. The Morgan fingerprint density at radius 2 is 1.32 bits per heavy atom. The first-order chi connectivity index (χ1) is 9.18. The van der Waals surface area contributed by atoms with Crippen LogP contribution in [-0.2, 0) is 0 Å². The minimum atomic E-state index is -0.407. The molecule has 1 heteroatoms. The molecule has 2 rings (SSSR count). The van der Waals surface area contributed by atoms with E-state index in [2.05, 4.69) is 54.6 Å². The van der Waals surface area contributed by atoms with Gasteiger partial charge in [-0.15, -0.1) is 0 Å². The monoisotopic (exact) mass is 252 g/mol. The van der Waals surface area contributed by atoms with E-state index in [-0.39, 0.29) is 5.92 Å². The lowest BCUT2D eigenvalue weighted by atomic mass is 9.89. The quantitative estimate of drug-likeness (QED) is 0.811. The summed E-state index contributed by atoms with van der Waals surface area (Å²) in [4.78, 5) is 0. The van der Waals surface area contributed by atoms with Crippen molar-refractivity contribution in [2.45, 2.75) is 25.9 Å². The summed E-state index contributed by atoms with van der Waals surface area (Å²) < 4.78 is 0. The molecule has 0 aromatic heterocycles. The van der Waals surface area contributed by atoms with Gasteiger partial charge in [0, 0.05) is 5.92 Å². The van der Waals surface area contributed by atoms with Crippen LogP contribution in [0.5, 0.6) is 0 Å². The van der Waals surface area contributed by atoms with Crippen molar-refractivity contribution in [3.05, 3.63) is 83.4 Å². The van der Waals surface area contributed by atoms with Gasteiger partial charge < -0.3 is 5.11 Å². The van der Waals surface area contributed by atoms with E-state index in [1.807, 2.05) is 19.1 Å². The Balaban J connectivity index is 2.43. The average Bonchev–Trinajstić information content (AvgIpc) is 2.46. The summed E-state index contributed by atoms with van der Waals surface area (Å²) >= 11 is 0. The van der Waals surface area contributed by atoms with Gasteiger partial charge in [-0.1, -0.05) is 66.7 Å². The van der Waals surface area contributed by atoms with Gasteiger partial charge in [-0.05, 0) is 30.5 Å². The molecule has 98 valence electrons. The predicted molar refractivity (Wildman–Crippen MR) is 80.2 cm³/mol. The van der Waals surface area contributed by atoms with Crippen molar-refractivity contribution >= 4 is 0 Å².